The number of alkyl carbamates (subject to hydrolysis) is 1. The Morgan fingerprint density at radius 3 is 2.89 bits per heavy atom. The number of ether oxygens (including phenoxy) is 1. The van der Waals surface area contributed by atoms with Gasteiger partial charge in [-0.3, -0.25) is 15.2 Å². The highest BCUT2D eigenvalue weighted by molar-refractivity contribution is 5.88. The smallest absolute Gasteiger partial charge is 0.407 e. The number of hydrogen-bond acceptors (Lipinski definition) is 5. The number of carbonyl (C=O) groups is 1. The zero-order valence-corrected chi connectivity index (χ0v) is 14.3. The molecule has 0 spiro atoms. The van der Waals surface area contributed by atoms with E-state index >= 15 is 0 Å². The molecule has 3 aromatic rings. The van der Waals surface area contributed by atoms with Crippen LogP contribution in [-0.4, -0.2) is 27.8 Å². The summed E-state index contributed by atoms with van der Waals surface area (Å²) in [5.74, 6) is 5.74. The van der Waals surface area contributed by atoms with Crippen LogP contribution in [0.5, 0.6) is 0 Å². The summed E-state index contributed by atoms with van der Waals surface area (Å²) in [6, 6.07) is 12.5. The van der Waals surface area contributed by atoms with Gasteiger partial charge in [-0.2, -0.15) is 5.10 Å². The molecular weight excluding hydrogens is 348 g/mol. The quantitative estimate of drug-likeness (QED) is 0.313. The molecule has 8 nitrogen and oxygen atoms in total. The van der Waals surface area contributed by atoms with Crippen LogP contribution in [0, 0.1) is 22.0 Å². The topological polar surface area (TPSA) is 110 Å². The maximum absolute atomic E-state index is 11.6. The van der Waals surface area contributed by atoms with Crippen LogP contribution in [0.25, 0.3) is 10.9 Å². The summed E-state index contributed by atoms with van der Waals surface area (Å²) in [5.41, 5.74) is 1.91. The highest BCUT2D eigenvalue weighted by Gasteiger charge is 2.14. The van der Waals surface area contributed by atoms with Gasteiger partial charge < -0.3 is 10.1 Å². The van der Waals surface area contributed by atoms with Gasteiger partial charge in [0.25, 0.3) is 5.69 Å². The molecule has 0 saturated heterocycles. The number of aromatic nitrogens is 2. The van der Waals surface area contributed by atoms with E-state index in [0.29, 0.717) is 29.4 Å². The average molecular weight is 364 g/mol. The van der Waals surface area contributed by atoms with Crippen molar-refractivity contribution in [3.05, 3.63) is 69.9 Å². The van der Waals surface area contributed by atoms with Crippen molar-refractivity contribution in [2.45, 2.75) is 13.0 Å². The van der Waals surface area contributed by atoms with Crippen LogP contribution in [0.15, 0.2) is 48.7 Å². The number of fused-ring (bicyclic) bond motifs is 1. The van der Waals surface area contributed by atoms with Crippen LogP contribution in [0.3, 0.4) is 0 Å². The van der Waals surface area contributed by atoms with Gasteiger partial charge in [0, 0.05) is 24.6 Å². The highest BCUT2D eigenvalue weighted by Crippen LogP contribution is 2.25. The molecule has 0 saturated carbocycles. The lowest BCUT2D eigenvalue weighted by molar-refractivity contribution is -0.383. The number of amides is 1. The summed E-state index contributed by atoms with van der Waals surface area (Å²) in [7, 11) is 0. The van der Waals surface area contributed by atoms with Gasteiger partial charge in [-0.05, 0) is 11.6 Å². The molecule has 0 aliphatic rings. The van der Waals surface area contributed by atoms with Gasteiger partial charge in [0.05, 0.1) is 22.0 Å². The first-order valence-corrected chi connectivity index (χ1v) is 8.18. The number of nitrogens with zero attached hydrogens (tertiary/aromatic N) is 2. The lowest BCUT2D eigenvalue weighted by atomic mass is 10.1. The molecule has 0 unspecified atom stereocenters. The second-order valence-corrected chi connectivity index (χ2v) is 5.62. The zero-order chi connectivity index (χ0) is 19.1. The summed E-state index contributed by atoms with van der Waals surface area (Å²) in [6.07, 6.45) is 1.28. The molecule has 8 heteroatoms. The molecule has 136 valence electrons. The van der Waals surface area contributed by atoms with Crippen LogP contribution in [0.1, 0.15) is 17.5 Å². The fraction of sp³-hybridized carbons (Fsp3) is 0.158. The van der Waals surface area contributed by atoms with Crippen LogP contribution in [-0.2, 0) is 11.3 Å². The molecular formula is C19H16N4O4. The fourth-order valence-electron chi connectivity index (χ4n) is 2.42. The van der Waals surface area contributed by atoms with Crippen molar-refractivity contribution in [2.75, 3.05) is 6.54 Å². The Kier molecular flexibility index (Phi) is 5.64. The standard InChI is InChI=1S/C19H16N4O4/c24-19(27-13-14-6-2-1-3-7-14)20-9-5-4-8-15-10-17-16(12-21-22-17)18(11-15)23(25)26/h1-3,6-7,10-12H,5,9,13H2,(H,20,24)(H,21,22). The van der Waals surface area contributed by atoms with Crippen molar-refractivity contribution in [1.29, 1.82) is 0 Å². The van der Waals surface area contributed by atoms with Crippen molar-refractivity contribution in [3.63, 3.8) is 0 Å². The minimum Gasteiger partial charge on any atom is -0.445 e. The Bertz CT molecular complexity index is 1020. The number of nitro groups is 1. The van der Waals surface area contributed by atoms with Crippen molar-refractivity contribution >= 4 is 22.7 Å². The average Bonchev–Trinajstić information content (AvgIpc) is 3.14. The normalized spacial score (nSPS) is 10.1. The first-order valence-electron chi connectivity index (χ1n) is 8.18. The SMILES string of the molecule is O=C(NCCC#Cc1cc([N+](=O)[O-])c2cn[nH]c2c1)OCc1ccccc1. The Morgan fingerprint density at radius 2 is 2.11 bits per heavy atom. The zero-order valence-electron chi connectivity index (χ0n) is 14.3. The molecule has 0 fully saturated rings. The molecule has 0 radical (unpaired) electrons. The van der Waals surface area contributed by atoms with E-state index in [-0.39, 0.29) is 12.3 Å². The van der Waals surface area contributed by atoms with Crippen LogP contribution < -0.4 is 5.32 Å². The third-order valence-corrected chi connectivity index (χ3v) is 3.70. The third-order valence-electron chi connectivity index (χ3n) is 3.70. The Morgan fingerprint density at radius 1 is 1.30 bits per heavy atom. The summed E-state index contributed by atoms with van der Waals surface area (Å²) < 4.78 is 5.09. The molecule has 1 aromatic heterocycles. The lowest BCUT2D eigenvalue weighted by Gasteiger charge is -2.05. The van der Waals surface area contributed by atoms with Crippen molar-refractivity contribution in [2.24, 2.45) is 0 Å². The van der Waals surface area contributed by atoms with E-state index in [0.717, 1.165) is 5.56 Å². The molecule has 0 aliphatic heterocycles. The van der Waals surface area contributed by atoms with Gasteiger partial charge in [0.15, 0.2) is 0 Å². The summed E-state index contributed by atoms with van der Waals surface area (Å²) in [4.78, 5) is 22.3. The minimum atomic E-state index is -0.518. The number of rotatable bonds is 5. The second kappa shape index (κ2) is 8.49. The number of H-pyrrole nitrogens is 1. The molecule has 1 amide bonds. The number of nitrogens with one attached hydrogen (secondary N) is 2. The lowest BCUT2D eigenvalue weighted by Crippen LogP contribution is -2.24. The monoisotopic (exact) mass is 364 g/mol. The first kappa shape index (κ1) is 17.9. The molecule has 2 N–H and O–H groups in total. The predicted molar refractivity (Wildman–Crippen MR) is 98.9 cm³/mol. The maximum atomic E-state index is 11.6. The van der Waals surface area contributed by atoms with Gasteiger partial charge in [0.2, 0.25) is 0 Å². The Balaban J connectivity index is 1.50. The van der Waals surface area contributed by atoms with Crippen LogP contribution in [0.2, 0.25) is 0 Å². The van der Waals surface area contributed by atoms with Crippen molar-refractivity contribution in [3.8, 4) is 11.8 Å². The van der Waals surface area contributed by atoms with Crippen LogP contribution in [0.4, 0.5) is 10.5 Å². The molecule has 1 heterocycles. The largest absolute Gasteiger partial charge is 0.445 e. The van der Waals surface area contributed by atoms with Crippen molar-refractivity contribution in [1.82, 2.24) is 15.5 Å². The molecule has 0 atom stereocenters. The van der Waals surface area contributed by atoms with E-state index < -0.39 is 11.0 Å². The van der Waals surface area contributed by atoms with Crippen molar-refractivity contribution < 1.29 is 14.5 Å². The van der Waals surface area contributed by atoms with E-state index in [1.165, 1.54) is 12.3 Å². The number of nitro benzene ring substituents is 1. The maximum Gasteiger partial charge on any atom is 0.407 e. The molecule has 27 heavy (non-hydrogen) atoms. The van der Waals surface area contributed by atoms with E-state index in [4.69, 9.17) is 4.74 Å². The van der Waals surface area contributed by atoms with Gasteiger partial charge in [-0.15, -0.1) is 0 Å². The minimum absolute atomic E-state index is 0.0480. The summed E-state index contributed by atoms with van der Waals surface area (Å²) >= 11 is 0. The molecule has 0 aliphatic carbocycles. The first-order chi connectivity index (χ1) is 13.1. The number of benzene rings is 2. The predicted octanol–water partition coefficient (Wildman–Crippen LogP) is 3.14. The number of carbonyl (C=O) groups excluding carboxylic acids is 1. The fourth-order valence-corrected chi connectivity index (χ4v) is 2.42. The molecule has 0 bridgehead atoms. The Labute approximate surface area is 154 Å². The second-order valence-electron chi connectivity index (χ2n) is 5.62. The Hall–Kier alpha value is -3.86. The van der Waals surface area contributed by atoms with Gasteiger partial charge in [-0.1, -0.05) is 42.2 Å². The number of non-ortho nitro benzene ring substituents is 1. The van der Waals surface area contributed by atoms with E-state index in [9.17, 15) is 14.9 Å². The van der Waals surface area contributed by atoms with E-state index in [1.807, 2.05) is 30.3 Å². The van der Waals surface area contributed by atoms with Gasteiger partial charge >= 0.3 is 6.09 Å². The number of aromatic amines is 1. The highest BCUT2D eigenvalue weighted by atomic mass is 16.6. The number of hydrogen-bond donors (Lipinski definition) is 2. The van der Waals surface area contributed by atoms with Gasteiger partial charge in [0.1, 0.15) is 6.61 Å². The van der Waals surface area contributed by atoms with Gasteiger partial charge in [-0.25, -0.2) is 4.79 Å². The van der Waals surface area contributed by atoms with E-state index in [1.54, 1.807) is 6.07 Å². The van der Waals surface area contributed by atoms with Crippen LogP contribution >= 0.6 is 0 Å². The third kappa shape index (κ3) is 4.83. The van der Waals surface area contributed by atoms with E-state index in [2.05, 4.69) is 27.4 Å². The summed E-state index contributed by atoms with van der Waals surface area (Å²) in [6.45, 7) is 0.515. The molecule has 2 aromatic carbocycles. The summed E-state index contributed by atoms with van der Waals surface area (Å²) in [5, 5.41) is 20.7. The molecule has 3 rings (SSSR count).